The van der Waals surface area contributed by atoms with Crippen molar-refractivity contribution in [3.05, 3.63) is 65.2 Å². The number of benzene rings is 2. The number of carbonyl (C=O) groups is 1. The second kappa shape index (κ2) is 7.52. The summed E-state index contributed by atoms with van der Waals surface area (Å²) >= 11 is 6.09. The van der Waals surface area contributed by atoms with Gasteiger partial charge in [-0.3, -0.25) is 9.37 Å². The number of hydrogen-bond donors (Lipinski definition) is 1. The van der Waals surface area contributed by atoms with Crippen LogP contribution < -0.4 is 5.01 Å². The van der Waals surface area contributed by atoms with Gasteiger partial charge in [-0.25, -0.2) is 0 Å². The van der Waals surface area contributed by atoms with Gasteiger partial charge in [-0.15, -0.1) is 5.10 Å². The number of anilines is 1. The van der Waals surface area contributed by atoms with Gasteiger partial charge < -0.3 is 5.11 Å². The summed E-state index contributed by atoms with van der Waals surface area (Å²) in [7, 11) is 0. The highest BCUT2D eigenvalue weighted by Gasteiger charge is 2.57. The lowest BCUT2D eigenvalue weighted by atomic mass is 10.00. The maximum atomic E-state index is 12.8. The minimum Gasteiger partial charge on any atom is -0.346 e. The van der Waals surface area contributed by atoms with Crippen molar-refractivity contribution in [1.82, 2.24) is 4.90 Å². The first-order valence-corrected chi connectivity index (χ1v) is 10.8. The molecule has 2 aromatic rings. The van der Waals surface area contributed by atoms with E-state index in [-0.39, 0.29) is 12.3 Å². The van der Waals surface area contributed by atoms with E-state index >= 15 is 0 Å². The molecule has 6 nitrogen and oxygen atoms in total. The third-order valence-electron chi connectivity index (χ3n) is 6.06. The summed E-state index contributed by atoms with van der Waals surface area (Å²) in [6.45, 7) is 1.34. The van der Waals surface area contributed by atoms with E-state index in [2.05, 4.69) is 9.68 Å². The molecule has 3 aliphatic rings. The Morgan fingerprint density at radius 1 is 1.03 bits per heavy atom. The zero-order valence-corrected chi connectivity index (χ0v) is 17.4. The second-order valence-corrected chi connectivity index (χ2v) is 8.48. The first-order chi connectivity index (χ1) is 14.6. The zero-order valence-electron chi connectivity index (χ0n) is 16.7. The van der Waals surface area contributed by atoms with Crippen molar-refractivity contribution in [2.24, 2.45) is 5.10 Å². The van der Waals surface area contributed by atoms with Crippen LogP contribution in [0.5, 0.6) is 0 Å². The molecule has 1 unspecified atom stereocenters. The summed E-state index contributed by atoms with van der Waals surface area (Å²) in [5, 5.41) is 18.7. The summed E-state index contributed by atoms with van der Waals surface area (Å²) in [5.41, 5.74) is 0.193. The van der Waals surface area contributed by atoms with Crippen LogP contribution in [0.2, 0.25) is 5.02 Å². The summed E-state index contributed by atoms with van der Waals surface area (Å²) in [6, 6.07) is 16.7. The lowest BCUT2D eigenvalue weighted by molar-refractivity contribution is -0.534. The minimum atomic E-state index is -1.29. The molecule has 0 saturated carbocycles. The molecule has 5 rings (SSSR count). The fraction of sp³-hybridized carbons (Fsp3) is 0.348. The number of aliphatic hydroxyl groups is 1. The first-order valence-electron chi connectivity index (χ1n) is 10.4. The second-order valence-electron chi connectivity index (χ2n) is 8.04. The summed E-state index contributed by atoms with van der Waals surface area (Å²) < 4.78 is 2.25. The van der Waals surface area contributed by atoms with Crippen LogP contribution in [0.1, 0.15) is 37.7 Å². The van der Waals surface area contributed by atoms with E-state index in [1.54, 1.807) is 12.1 Å². The van der Waals surface area contributed by atoms with Gasteiger partial charge in [0.25, 0.3) is 17.5 Å². The van der Waals surface area contributed by atoms with Crippen molar-refractivity contribution in [1.29, 1.82) is 0 Å². The SMILES string of the molecule is O=C1CC(N2C3=[N+](CCCCC3)CC2(O)c2ccc(Cl)cc2)=NN1c1ccccc1. The average molecular weight is 424 g/mol. The van der Waals surface area contributed by atoms with Crippen LogP contribution in [-0.4, -0.2) is 45.2 Å². The standard InChI is InChI=1S/C23H24ClN4O2/c24-18-12-10-17(11-13-18)23(30)16-26-14-6-2-5-9-21(26)27(23)20-15-22(29)28(25-20)19-7-3-1-4-8-19/h1,3-4,7-8,10-13,30H,2,5-6,9,14-16H2/q+1. The maximum absolute atomic E-state index is 12.8. The smallest absolute Gasteiger partial charge is 0.276 e. The van der Waals surface area contributed by atoms with E-state index in [1.165, 1.54) is 5.01 Å². The Bertz CT molecular complexity index is 1030. The molecule has 3 heterocycles. The highest BCUT2D eigenvalue weighted by molar-refractivity contribution is 6.30. The molecule has 0 bridgehead atoms. The van der Waals surface area contributed by atoms with E-state index in [0.29, 0.717) is 17.4 Å². The number of carbonyl (C=O) groups excluding carboxylic acids is 1. The Morgan fingerprint density at radius 3 is 2.57 bits per heavy atom. The maximum Gasteiger partial charge on any atom is 0.276 e. The number of halogens is 1. The van der Waals surface area contributed by atoms with Gasteiger partial charge in [0.05, 0.1) is 12.2 Å². The van der Waals surface area contributed by atoms with Gasteiger partial charge in [0.1, 0.15) is 6.42 Å². The van der Waals surface area contributed by atoms with Crippen molar-refractivity contribution < 1.29 is 14.5 Å². The van der Waals surface area contributed by atoms with Gasteiger partial charge in [-0.2, -0.15) is 9.91 Å². The Morgan fingerprint density at radius 2 is 1.80 bits per heavy atom. The van der Waals surface area contributed by atoms with Gasteiger partial charge in [-0.1, -0.05) is 41.9 Å². The van der Waals surface area contributed by atoms with Crippen LogP contribution in [0.3, 0.4) is 0 Å². The molecule has 30 heavy (non-hydrogen) atoms. The molecule has 1 atom stereocenters. The third kappa shape index (κ3) is 3.20. The first kappa shape index (κ1) is 19.3. The molecular formula is C23H24ClN4O2+. The zero-order chi connectivity index (χ0) is 20.7. The molecule has 0 fully saturated rings. The van der Waals surface area contributed by atoms with Crippen molar-refractivity contribution in [2.45, 2.75) is 37.8 Å². The molecule has 0 aliphatic carbocycles. The van der Waals surface area contributed by atoms with Crippen LogP contribution in [0.15, 0.2) is 59.7 Å². The fourth-order valence-electron chi connectivity index (χ4n) is 4.63. The molecular weight excluding hydrogens is 400 g/mol. The summed E-state index contributed by atoms with van der Waals surface area (Å²) in [4.78, 5) is 14.7. The molecule has 0 spiro atoms. The summed E-state index contributed by atoms with van der Waals surface area (Å²) in [6.07, 6.45) is 4.32. The highest BCUT2D eigenvalue weighted by Crippen LogP contribution is 2.37. The van der Waals surface area contributed by atoms with Gasteiger partial charge in [0, 0.05) is 17.0 Å². The molecule has 154 valence electrons. The van der Waals surface area contributed by atoms with Gasteiger partial charge in [0.2, 0.25) is 5.84 Å². The number of amides is 1. The van der Waals surface area contributed by atoms with Crippen molar-refractivity contribution in [3.8, 4) is 0 Å². The van der Waals surface area contributed by atoms with E-state index in [0.717, 1.165) is 49.3 Å². The van der Waals surface area contributed by atoms with Crippen LogP contribution in [0.25, 0.3) is 0 Å². The molecule has 3 aliphatic heterocycles. The van der Waals surface area contributed by atoms with Crippen molar-refractivity contribution in [2.75, 3.05) is 18.1 Å². The number of hydrogen-bond acceptors (Lipinski definition) is 4. The van der Waals surface area contributed by atoms with Crippen molar-refractivity contribution in [3.63, 3.8) is 0 Å². The monoisotopic (exact) mass is 423 g/mol. The molecule has 0 radical (unpaired) electrons. The molecule has 7 heteroatoms. The fourth-order valence-corrected chi connectivity index (χ4v) is 4.76. The number of para-hydroxylation sites is 1. The molecule has 0 aromatic heterocycles. The number of amidine groups is 2. The number of rotatable bonds is 2. The molecule has 0 saturated heterocycles. The van der Waals surface area contributed by atoms with E-state index in [1.807, 2.05) is 47.4 Å². The average Bonchev–Trinajstić information content (AvgIpc) is 3.17. The van der Waals surface area contributed by atoms with Crippen LogP contribution >= 0.6 is 11.6 Å². The van der Waals surface area contributed by atoms with Gasteiger partial charge in [-0.05, 0) is 43.5 Å². The normalized spacial score (nSPS) is 24.2. The summed E-state index contributed by atoms with van der Waals surface area (Å²) in [5.74, 6) is 1.54. The Kier molecular flexibility index (Phi) is 4.83. The van der Waals surface area contributed by atoms with E-state index < -0.39 is 5.72 Å². The number of nitrogens with zero attached hydrogens (tertiary/aromatic N) is 4. The predicted octanol–water partition coefficient (Wildman–Crippen LogP) is 3.54. The quantitative estimate of drug-likeness (QED) is 0.751. The Balaban J connectivity index is 1.59. The third-order valence-corrected chi connectivity index (χ3v) is 6.31. The minimum absolute atomic E-state index is 0.0951. The lowest BCUT2D eigenvalue weighted by Gasteiger charge is -2.28. The van der Waals surface area contributed by atoms with E-state index in [4.69, 9.17) is 11.6 Å². The molecule has 1 amide bonds. The van der Waals surface area contributed by atoms with Crippen LogP contribution in [-0.2, 0) is 10.5 Å². The largest absolute Gasteiger partial charge is 0.346 e. The Labute approximate surface area is 180 Å². The van der Waals surface area contributed by atoms with E-state index in [9.17, 15) is 9.90 Å². The van der Waals surface area contributed by atoms with Crippen LogP contribution in [0.4, 0.5) is 5.69 Å². The lowest BCUT2D eigenvalue weighted by Crippen LogP contribution is -2.50. The predicted molar refractivity (Wildman–Crippen MR) is 117 cm³/mol. The molecule has 2 aromatic carbocycles. The van der Waals surface area contributed by atoms with Gasteiger partial charge in [0.15, 0.2) is 6.54 Å². The van der Waals surface area contributed by atoms with Gasteiger partial charge >= 0.3 is 0 Å². The Hall–Kier alpha value is -2.70. The van der Waals surface area contributed by atoms with Crippen LogP contribution in [0, 0.1) is 0 Å². The molecule has 1 N–H and O–H groups in total. The highest BCUT2D eigenvalue weighted by atomic mass is 35.5. The number of hydrazone groups is 1. The van der Waals surface area contributed by atoms with Crippen molar-refractivity contribution >= 4 is 34.9 Å². The topological polar surface area (TPSA) is 59.1 Å².